The summed E-state index contributed by atoms with van der Waals surface area (Å²) in [7, 11) is 2.18. The Labute approximate surface area is 118 Å². The molecule has 0 fully saturated rings. The van der Waals surface area contributed by atoms with Crippen LogP contribution in [-0.2, 0) is 19.5 Å². The van der Waals surface area contributed by atoms with Gasteiger partial charge < -0.3 is 10.2 Å². The Balaban J connectivity index is 1.62. The molecule has 0 amide bonds. The molecule has 0 aliphatic carbocycles. The average molecular weight is 273 g/mol. The Morgan fingerprint density at radius 3 is 3.16 bits per heavy atom. The van der Waals surface area contributed by atoms with E-state index in [1.165, 1.54) is 41.1 Å². The zero-order valence-electron chi connectivity index (χ0n) is 11.2. The first-order valence-electron chi connectivity index (χ1n) is 6.74. The van der Waals surface area contributed by atoms with Crippen LogP contribution < -0.4 is 10.2 Å². The third-order valence-electron chi connectivity index (χ3n) is 3.61. The molecule has 3 rings (SSSR count). The van der Waals surface area contributed by atoms with Crippen LogP contribution in [0.3, 0.4) is 0 Å². The van der Waals surface area contributed by atoms with Gasteiger partial charge in [0.1, 0.15) is 0 Å². The predicted molar refractivity (Wildman–Crippen MR) is 80.7 cm³/mol. The minimum absolute atomic E-state index is 0.904. The summed E-state index contributed by atoms with van der Waals surface area (Å²) in [6.07, 6.45) is 4.41. The van der Waals surface area contributed by atoms with E-state index in [0.29, 0.717) is 0 Å². The molecule has 2 heterocycles. The van der Waals surface area contributed by atoms with Crippen molar-refractivity contribution in [3.63, 3.8) is 0 Å². The van der Waals surface area contributed by atoms with Crippen LogP contribution >= 0.6 is 11.3 Å². The van der Waals surface area contributed by atoms with Crippen molar-refractivity contribution in [1.29, 1.82) is 0 Å². The Morgan fingerprint density at radius 1 is 1.37 bits per heavy atom. The van der Waals surface area contributed by atoms with Crippen molar-refractivity contribution in [3.05, 3.63) is 45.9 Å². The summed E-state index contributed by atoms with van der Waals surface area (Å²) in [6.45, 7) is 3.01. The van der Waals surface area contributed by atoms with E-state index in [2.05, 4.69) is 40.4 Å². The Hall–Kier alpha value is -1.39. The Morgan fingerprint density at radius 2 is 2.32 bits per heavy atom. The highest BCUT2D eigenvalue weighted by molar-refractivity contribution is 7.09. The number of nitrogens with zero attached hydrogens (tertiary/aromatic N) is 2. The highest BCUT2D eigenvalue weighted by Crippen LogP contribution is 2.26. The highest BCUT2D eigenvalue weighted by atomic mass is 32.1. The first-order chi connectivity index (χ1) is 9.33. The minimum Gasteiger partial charge on any atom is -0.374 e. The van der Waals surface area contributed by atoms with E-state index in [1.807, 2.05) is 11.7 Å². The first kappa shape index (κ1) is 12.6. The summed E-state index contributed by atoms with van der Waals surface area (Å²) in [5, 5.41) is 3.48. The topological polar surface area (TPSA) is 28.2 Å². The number of aromatic nitrogens is 1. The minimum atomic E-state index is 0.904. The standard InChI is InChI=1S/C15H19N3S/c1-18-6-2-3-13-7-12(4-5-15(13)18)8-16-9-14-10-17-11-19-14/h4-5,7,10-11,16H,2-3,6,8-9H2,1H3. The summed E-state index contributed by atoms with van der Waals surface area (Å²) in [4.78, 5) is 7.73. The van der Waals surface area contributed by atoms with E-state index >= 15 is 0 Å². The van der Waals surface area contributed by atoms with Crippen LogP contribution in [0.1, 0.15) is 22.4 Å². The number of rotatable bonds is 4. The van der Waals surface area contributed by atoms with Gasteiger partial charge in [-0.2, -0.15) is 0 Å². The molecule has 100 valence electrons. The molecule has 1 N–H and O–H groups in total. The van der Waals surface area contributed by atoms with Crippen molar-refractivity contribution in [3.8, 4) is 0 Å². The molecule has 0 bridgehead atoms. The number of hydrogen-bond acceptors (Lipinski definition) is 4. The molecule has 0 spiro atoms. The van der Waals surface area contributed by atoms with Gasteiger partial charge in [0.05, 0.1) is 5.51 Å². The second-order valence-electron chi connectivity index (χ2n) is 5.06. The normalized spacial score (nSPS) is 14.5. The van der Waals surface area contributed by atoms with Gasteiger partial charge in [0.25, 0.3) is 0 Å². The maximum atomic E-state index is 4.09. The van der Waals surface area contributed by atoms with Crippen LogP contribution in [-0.4, -0.2) is 18.6 Å². The number of thiazole rings is 1. The van der Waals surface area contributed by atoms with Gasteiger partial charge in [-0.1, -0.05) is 12.1 Å². The lowest BCUT2D eigenvalue weighted by molar-refractivity contribution is 0.695. The summed E-state index contributed by atoms with van der Waals surface area (Å²) >= 11 is 1.70. The highest BCUT2D eigenvalue weighted by Gasteiger charge is 2.13. The molecule has 1 aromatic heterocycles. The van der Waals surface area contributed by atoms with Crippen LogP contribution in [0.5, 0.6) is 0 Å². The number of hydrogen-bond donors (Lipinski definition) is 1. The molecule has 0 atom stereocenters. The SMILES string of the molecule is CN1CCCc2cc(CNCc3cncs3)ccc21. The second-order valence-corrected chi connectivity index (χ2v) is 6.03. The fraction of sp³-hybridized carbons (Fsp3) is 0.400. The molecular weight excluding hydrogens is 254 g/mol. The van der Waals surface area contributed by atoms with Crippen molar-refractivity contribution >= 4 is 17.0 Å². The van der Waals surface area contributed by atoms with Crippen molar-refractivity contribution < 1.29 is 0 Å². The third kappa shape index (κ3) is 2.96. The van der Waals surface area contributed by atoms with Gasteiger partial charge in [0, 0.05) is 43.4 Å². The van der Waals surface area contributed by atoms with Crippen molar-refractivity contribution in [2.24, 2.45) is 0 Å². The van der Waals surface area contributed by atoms with Crippen LogP contribution in [0.25, 0.3) is 0 Å². The quantitative estimate of drug-likeness (QED) is 0.928. The summed E-state index contributed by atoms with van der Waals surface area (Å²) in [5.41, 5.74) is 6.15. The van der Waals surface area contributed by atoms with Gasteiger partial charge >= 0.3 is 0 Å². The third-order valence-corrected chi connectivity index (χ3v) is 4.39. The smallest absolute Gasteiger partial charge is 0.0794 e. The lowest BCUT2D eigenvalue weighted by atomic mass is 9.99. The lowest BCUT2D eigenvalue weighted by Crippen LogP contribution is -2.24. The molecule has 1 aromatic carbocycles. The van der Waals surface area contributed by atoms with Crippen LogP contribution in [0.15, 0.2) is 29.9 Å². The monoisotopic (exact) mass is 273 g/mol. The van der Waals surface area contributed by atoms with E-state index in [9.17, 15) is 0 Å². The molecule has 19 heavy (non-hydrogen) atoms. The first-order valence-corrected chi connectivity index (χ1v) is 7.62. The number of aryl methyl sites for hydroxylation is 1. The molecule has 2 aromatic rings. The summed E-state index contributed by atoms with van der Waals surface area (Å²) in [6, 6.07) is 6.85. The van der Waals surface area contributed by atoms with E-state index < -0.39 is 0 Å². The molecule has 0 saturated carbocycles. The molecule has 1 aliphatic heterocycles. The van der Waals surface area contributed by atoms with E-state index in [0.717, 1.165) is 13.1 Å². The zero-order chi connectivity index (χ0) is 13.1. The van der Waals surface area contributed by atoms with Crippen molar-refractivity contribution in [1.82, 2.24) is 10.3 Å². The maximum absolute atomic E-state index is 4.09. The van der Waals surface area contributed by atoms with Gasteiger partial charge in [-0.25, -0.2) is 0 Å². The fourth-order valence-electron chi connectivity index (χ4n) is 2.61. The van der Waals surface area contributed by atoms with Gasteiger partial charge in [-0.15, -0.1) is 11.3 Å². The fourth-order valence-corrected chi connectivity index (χ4v) is 3.17. The second kappa shape index (κ2) is 5.72. The zero-order valence-corrected chi connectivity index (χ0v) is 12.0. The van der Waals surface area contributed by atoms with Gasteiger partial charge in [0.15, 0.2) is 0 Å². The molecule has 0 unspecified atom stereocenters. The van der Waals surface area contributed by atoms with Crippen LogP contribution in [0, 0.1) is 0 Å². The Kier molecular flexibility index (Phi) is 3.80. The summed E-state index contributed by atoms with van der Waals surface area (Å²) < 4.78 is 0. The van der Waals surface area contributed by atoms with Gasteiger partial charge in [0.2, 0.25) is 0 Å². The van der Waals surface area contributed by atoms with E-state index in [1.54, 1.807) is 11.3 Å². The molecule has 0 saturated heterocycles. The predicted octanol–water partition coefficient (Wildman–Crippen LogP) is 2.82. The summed E-state index contributed by atoms with van der Waals surface area (Å²) in [5.74, 6) is 0. The van der Waals surface area contributed by atoms with E-state index in [4.69, 9.17) is 0 Å². The molecule has 4 heteroatoms. The lowest BCUT2D eigenvalue weighted by Gasteiger charge is -2.27. The van der Waals surface area contributed by atoms with Gasteiger partial charge in [-0.05, 0) is 30.0 Å². The largest absolute Gasteiger partial charge is 0.374 e. The Bertz CT molecular complexity index is 536. The molecule has 1 aliphatic rings. The van der Waals surface area contributed by atoms with Crippen molar-refractivity contribution in [2.45, 2.75) is 25.9 Å². The van der Waals surface area contributed by atoms with Gasteiger partial charge in [-0.3, -0.25) is 4.98 Å². The maximum Gasteiger partial charge on any atom is 0.0794 e. The number of anilines is 1. The molecular formula is C15H19N3S. The number of benzene rings is 1. The number of fused-ring (bicyclic) bond motifs is 1. The number of nitrogens with one attached hydrogen (secondary N) is 1. The van der Waals surface area contributed by atoms with Crippen molar-refractivity contribution in [2.75, 3.05) is 18.5 Å². The van der Waals surface area contributed by atoms with Crippen LogP contribution in [0.2, 0.25) is 0 Å². The average Bonchev–Trinajstić information content (AvgIpc) is 2.92. The van der Waals surface area contributed by atoms with Crippen LogP contribution in [0.4, 0.5) is 5.69 Å². The molecule has 3 nitrogen and oxygen atoms in total. The van der Waals surface area contributed by atoms with E-state index in [-0.39, 0.29) is 0 Å². The molecule has 0 radical (unpaired) electrons.